The Morgan fingerprint density at radius 3 is 2.06 bits per heavy atom. The molecule has 4 aromatic rings. The lowest BCUT2D eigenvalue weighted by molar-refractivity contribution is -0.820. The third-order valence-corrected chi connectivity index (χ3v) is 6.74. The van der Waals surface area contributed by atoms with Crippen molar-refractivity contribution in [1.82, 2.24) is 4.98 Å². The van der Waals surface area contributed by atoms with Crippen molar-refractivity contribution in [2.24, 2.45) is 0 Å². The summed E-state index contributed by atoms with van der Waals surface area (Å²) in [6.07, 6.45) is 1.63. The molecule has 1 aliphatic rings. The van der Waals surface area contributed by atoms with Gasteiger partial charge in [-0.1, -0.05) is 36.4 Å². The van der Waals surface area contributed by atoms with E-state index >= 15 is 0 Å². The number of pyridine rings is 1. The fourth-order valence-corrected chi connectivity index (χ4v) is 5.04. The standard InChI is InChI=1S/C29H27N3O4/c1-35-21-14-10-19(11-15-21)26-27(29(33)31-25-9-5-6-18-30-25)23-7-3-4-8-24(23)32(34)28(26)20-12-16-22(36-2)17-13-20/h3-18,26-28,32H,1-2H3,(H,30,31,33). The van der Waals surface area contributed by atoms with E-state index in [-0.39, 0.29) is 11.0 Å². The maximum absolute atomic E-state index is 14.0. The average Bonchev–Trinajstić information content (AvgIpc) is 2.93. The van der Waals surface area contributed by atoms with E-state index < -0.39 is 17.9 Å². The van der Waals surface area contributed by atoms with E-state index in [0.717, 1.165) is 11.1 Å². The van der Waals surface area contributed by atoms with Crippen LogP contribution in [0.1, 0.15) is 34.6 Å². The van der Waals surface area contributed by atoms with Gasteiger partial charge in [0, 0.05) is 17.3 Å². The Morgan fingerprint density at radius 2 is 1.44 bits per heavy atom. The summed E-state index contributed by atoms with van der Waals surface area (Å²) in [6, 6.07) is 27.3. The van der Waals surface area contributed by atoms with Crippen LogP contribution in [0.2, 0.25) is 0 Å². The number of benzene rings is 3. The summed E-state index contributed by atoms with van der Waals surface area (Å²) in [6.45, 7) is 0. The van der Waals surface area contributed by atoms with Crippen LogP contribution in [0.5, 0.6) is 11.5 Å². The van der Waals surface area contributed by atoms with Gasteiger partial charge in [-0.2, -0.15) is 0 Å². The Kier molecular flexibility index (Phi) is 6.66. The first kappa shape index (κ1) is 23.5. The summed E-state index contributed by atoms with van der Waals surface area (Å²) in [5.74, 6) is 0.584. The molecule has 7 nitrogen and oxygen atoms in total. The first-order valence-electron chi connectivity index (χ1n) is 11.7. The third-order valence-electron chi connectivity index (χ3n) is 6.74. The molecule has 0 radical (unpaired) electrons. The molecule has 0 saturated heterocycles. The summed E-state index contributed by atoms with van der Waals surface area (Å²) in [4.78, 5) is 18.2. The number of para-hydroxylation sites is 1. The second-order valence-electron chi connectivity index (χ2n) is 8.68. The van der Waals surface area contributed by atoms with Crippen molar-refractivity contribution >= 4 is 17.4 Å². The molecule has 36 heavy (non-hydrogen) atoms. The van der Waals surface area contributed by atoms with Gasteiger partial charge < -0.3 is 25.1 Å². The van der Waals surface area contributed by atoms with Crippen LogP contribution >= 0.6 is 0 Å². The number of hydrogen-bond acceptors (Lipinski definition) is 5. The van der Waals surface area contributed by atoms with Crippen molar-refractivity contribution in [2.45, 2.75) is 17.9 Å². The normalized spacial score (nSPS) is 20.8. The van der Waals surface area contributed by atoms with Gasteiger partial charge in [0.1, 0.15) is 29.0 Å². The molecular formula is C29H27N3O4. The van der Waals surface area contributed by atoms with Gasteiger partial charge in [0.2, 0.25) is 5.91 Å². The predicted molar refractivity (Wildman–Crippen MR) is 138 cm³/mol. The molecule has 3 aromatic carbocycles. The van der Waals surface area contributed by atoms with Crippen molar-refractivity contribution < 1.29 is 19.3 Å². The second kappa shape index (κ2) is 10.2. The van der Waals surface area contributed by atoms with Crippen molar-refractivity contribution in [2.75, 3.05) is 19.5 Å². The van der Waals surface area contributed by atoms with Gasteiger partial charge in [-0.3, -0.25) is 4.79 Å². The minimum atomic E-state index is -0.624. The zero-order chi connectivity index (χ0) is 25.1. The highest BCUT2D eigenvalue weighted by atomic mass is 16.5. The molecule has 2 heterocycles. The van der Waals surface area contributed by atoms with E-state index in [0.29, 0.717) is 28.6 Å². The zero-order valence-electron chi connectivity index (χ0n) is 20.0. The highest BCUT2D eigenvalue weighted by molar-refractivity contribution is 5.97. The SMILES string of the molecule is COc1ccc(C2C(C(=O)Nc3ccccn3)c3ccccc3[NH+]([O-])C2c2ccc(OC)cc2)cc1. The predicted octanol–water partition coefficient (Wildman–Crippen LogP) is 4.37. The molecule has 4 atom stereocenters. The van der Waals surface area contributed by atoms with E-state index in [9.17, 15) is 10.0 Å². The Balaban J connectivity index is 1.68. The van der Waals surface area contributed by atoms with Gasteiger partial charge in [-0.25, -0.2) is 4.98 Å². The number of carbonyl (C=O) groups excluding carboxylic acids is 1. The molecule has 4 unspecified atom stereocenters. The minimum absolute atomic E-state index is 0.0153. The summed E-state index contributed by atoms with van der Waals surface area (Å²) in [5, 5.41) is 17.0. The first-order valence-corrected chi connectivity index (χ1v) is 11.7. The van der Waals surface area contributed by atoms with Crippen molar-refractivity contribution in [3.8, 4) is 11.5 Å². The highest BCUT2D eigenvalue weighted by Crippen LogP contribution is 2.47. The van der Waals surface area contributed by atoms with E-state index in [2.05, 4.69) is 10.3 Å². The number of fused-ring (bicyclic) bond motifs is 1. The lowest BCUT2D eigenvalue weighted by Gasteiger charge is -2.45. The average molecular weight is 482 g/mol. The number of quaternary nitrogens is 1. The molecular weight excluding hydrogens is 454 g/mol. The molecule has 7 heteroatoms. The maximum Gasteiger partial charge on any atom is 0.234 e. The lowest BCUT2D eigenvalue weighted by Crippen LogP contribution is -3.04. The van der Waals surface area contributed by atoms with Gasteiger partial charge in [0.25, 0.3) is 0 Å². The fourth-order valence-electron chi connectivity index (χ4n) is 5.04. The summed E-state index contributed by atoms with van der Waals surface area (Å²) in [7, 11) is 3.22. The van der Waals surface area contributed by atoms with Crippen LogP contribution in [0.15, 0.2) is 97.2 Å². The van der Waals surface area contributed by atoms with Crippen molar-refractivity contribution in [3.63, 3.8) is 0 Å². The number of nitrogens with one attached hydrogen (secondary N) is 2. The van der Waals surface area contributed by atoms with Crippen LogP contribution in [0.3, 0.4) is 0 Å². The van der Waals surface area contributed by atoms with E-state index in [1.807, 2.05) is 72.8 Å². The second-order valence-corrected chi connectivity index (χ2v) is 8.68. The molecule has 5 rings (SSSR count). The summed E-state index contributed by atoms with van der Waals surface area (Å²) >= 11 is 0. The number of nitrogens with zero attached hydrogens (tertiary/aromatic N) is 1. The molecule has 0 fully saturated rings. The highest BCUT2D eigenvalue weighted by Gasteiger charge is 2.47. The molecule has 0 aliphatic carbocycles. The molecule has 182 valence electrons. The van der Waals surface area contributed by atoms with E-state index in [4.69, 9.17) is 9.47 Å². The molecule has 1 aromatic heterocycles. The van der Waals surface area contributed by atoms with Crippen molar-refractivity contribution in [1.29, 1.82) is 0 Å². The van der Waals surface area contributed by atoms with Gasteiger partial charge >= 0.3 is 0 Å². The third kappa shape index (κ3) is 4.42. The van der Waals surface area contributed by atoms with Gasteiger partial charge in [0.05, 0.1) is 26.1 Å². The molecule has 0 spiro atoms. The van der Waals surface area contributed by atoms with Gasteiger partial charge in [-0.15, -0.1) is 0 Å². The number of aromatic nitrogens is 1. The summed E-state index contributed by atoms with van der Waals surface area (Å²) in [5.41, 5.74) is 2.97. The quantitative estimate of drug-likeness (QED) is 0.399. The van der Waals surface area contributed by atoms with E-state index in [1.54, 1.807) is 38.6 Å². The molecule has 0 saturated carbocycles. The molecule has 1 aliphatic heterocycles. The molecule has 0 bridgehead atoms. The van der Waals surface area contributed by atoms with Gasteiger partial charge in [-0.05, 0) is 60.2 Å². The van der Waals surface area contributed by atoms with Crippen LogP contribution in [0.25, 0.3) is 0 Å². The fraction of sp³-hybridized carbons (Fsp3) is 0.172. The Morgan fingerprint density at radius 1 is 0.833 bits per heavy atom. The number of rotatable bonds is 6. The largest absolute Gasteiger partial charge is 0.628 e. The monoisotopic (exact) mass is 481 g/mol. The lowest BCUT2D eigenvalue weighted by atomic mass is 9.71. The first-order chi connectivity index (χ1) is 17.6. The number of anilines is 1. The number of hydroxylamine groups is 1. The molecule has 2 N–H and O–H groups in total. The number of amides is 1. The number of methoxy groups -OCH3 is 2. The smallest absolute Gasteiger partial charge is 0.234 e. The van der Waals surface area contributed by atoms with E-state index in [1.165, 1.54) is 0 Å². The number of carbonyl (C=O) groups is 1. The Labute approximate surface area is 209 Å². The minimum Gasteiger partial charge on any atom is -0.628 e. The van der Waals surface area contributed by atoms with Crippen LogP contribution in [0.4, 0.5) is 11.5 Å². The van der Waals surface area contributed by atoms with Crippen LogP contribution in [0, 0.1) is 5.21 Å². The van der Waals surface area contributed by atoms with Crippen LogP contribution in [-0.4, -0.2) is 25.1 Å². The Hall–Kier alpha value is -4.20. The summed E-state index contributed by atoms with van der Waals surface area (Å²) < 4.78 is 10.7. The van der Waals surface area contributed by atoms with Crippen molar-refractivity contribution in [3.05, 3.63) is 119 Å². The molecule has 1 amide bonds. The van der Waals surface area contributed by atoms with Crippen LogP contribution in [-0.2, 0) is 4.79 Å². The number of ether oxygens (including phenoxy) is 2. The van der Waals surface area contributed by atoms with Crippen LogP contribution < -0.4 is 19.9 Å². The topological polar surface area (TPSA) is 88.0 Å². The zero-order valence-corrected chi connectivity index (χ0v) is 20.0. The van der Waals surface area contributed by atoms with Gasteiger partial charge in [0.15, 0.2) is 0 Å². The Bertz CT molecular complexity index is 1330. The number of hydrogen-bond donors (Lipinski definition) is 2. The maximum atomic E-state index is 14.0.